The molecule has 0 N–H and O–H groups in total. The van der Waals surface area contributed by atoms with Gasteiger partial charge in [0.1, 0.15) is 6.10 Å². The van der Waals surface area contributed by atoms with Gasteiger partial charge in [-0.05, 0) is 49.6 Å². The third-order valence-corrected chi connectivity index (χ3v) is 6.14. The highest BCUT2D eigenvalue weighted by Crippen LogP contribution is 2.38. The number of halogens is 1. The van der Waals surface area contributed by atoms with Gasteiger partial charge in [0.05, 0.1) is 17.1 Å². The minimum atomic E-state index is -3.77. The molecule has 23 heavy (non-hydrogen) atoms. The standard InChI is InChI=1S/C16H16FNO3S2/c1-11-10-18(15-5-3-4-14(17)16(15)21-11)23(19,20)13-8-6-12(22-2)7-9-13/h3-9,11H,10H2,1-2H3. The van der Waals surface area contributed by atoms with Gasteiger partial charge in [-0.15, -0.1) is 11.8 Å². The van der Waals surface area contributed by atoms with E-state index in [0.717, 1.165) is 4.90 Å². The number of nitrogens with zero attached hydrogens (tertiary/aromatic N) is 1. The number of sulfonamides is 1. The van der Waals surface area contributed by atoms with Crippen LogP contribution in [0.5, 0.6) is 5.75 Å². The van der Waals surface area contributed by atoms with Gasteiger partial charge in [0.15, 0.2) is 11.6 Å². The van der Waals surface area contributed by atoms with Gasteiger partial charge in [-0.2, -0.15) is 0 Å². The van der Waals surface area contributed by atoms with Crippen LogP contribution in [0.1, 0.15) is 6.92 Å². The number of fused-ring (bicyclic) bond motifs is 1. The highest BCUT2D eigenvalue weighted by molar-refractivity contribution is 7.98. The first kappa shape index (κ1) is 16.1. The van der Waals surface area contributed by atoms with Crippen LogP contribution in [0.4, 0.5) is 10.1 Å². The predicted octanol–water partition coefficient (Wildman–Crippen LogP) is 3.52. The molecule has 1 unspecified atom stereocenters. The van der Waals surface area contributed by atoms with Gasteiger partial charge in [-0.25, -0.2) is 12.8 Å². The number of rotatable bonds is 3. The van der Waals surface area contributed by atoms with E-state index in [4.69, 9.17) is 4.74 Å². The molecule has 0 saturated heterocycles. The van der Waals surface area contributed by atoms with Crippen LogP contribution < -0.4 is 9.04 Å². The van der Waals surface area contributed by atoms with Crippen molar-refractivity contribution in [2.45, 2.75) is 22.8 Å². The van der Waals surface area contributed by atoms with Gasteiger partial charge in [-0.3, -0.25) is 4.31 Å². The van der Waals surface area contributed by atoms with E-state index in [1.807, 2.05) is 6.26 Å². The van der Waals surface area contributed by atoms with Crippen molar-refractivity contribution in [3.05, 3.63) is 48.3 Å². The molecule has 0 saturated carbocycles. The third kappa shape index (κ3) is 2.90. The van der Waals surface area contributed by atoms with Crippen LogP contribution in [0.2, 0.25) is 0 Å². The molecular formula is C16H16FNO3S2. The Labute approximate surface area is 139 Å². The number of ether oxygens (including phenoxy) is 1. The Balaban J connectivity index is 2.08. The molecular weight excluding hydrogens is 337 g/mol. The van der Waals surface area contributed by atoms with Gasteiger partial charge in [-0.1, -0.05) is 6.07 Å². The Morgan fingerprint density at radius 1 is 1.22 bits per heavy atom. The Kier molecular flexibility index (Phi) is 4.25. The number of thioether (sulfide) groups is 1. The fraction of sp³-hybridized carbons (Fsp3) is 0.250. The van der Waals surface area contributed by atoms with Crippen molar-refractivity contribution in [2.75, 3.05) is 17.1 Å². The largest absolute Gasteiger partial charge is 0.484 e. The third-order valence-electron chi connectivity index (χ3n) is 3.60. The lowest BCUT2D eigenvalue weighted by molar-refractivity contribution is 0.209. The molecule has 3 rings (SSSR count). The van der Waals surface area contributed by atoms with Crippen molar-refractivity contribution in [1.29, 1.82) is 0 Å². The number of benzene rings is 2. The lowest BCUT2D eigenvalue weighted by atomic mass is 10.2. The second kappa shape index (κ2) is 6.05. The molecule has 0 aliphatic carbocycles. The van der Waals surface area contributed by atoms with Crippen LogP contribution in [-0.2, 0) is 10.0 Å². The van der Waals surface area contributed by atoms with E-state index < -0.39 is 21.9 Å². The number of anilines is 1. The zero-order valence-electron chi connectivity index (χ0n) is 12.7. The summed E-state index contributed by atoms with van der Waals surface area (Å²) in [6, 6.07) is 10.9. The summed E-state index contributed by atoms with van der Waals surface area (Å²) in [5.74, 6) is -0.581. The van der Waals surface area contributed by atoms with E-state index in [1.165, 1.54) is 28.2 Å². The van der Waals surface area contributed by atoms with Crippen molar-refractivity contribution in [3.8, 4) is 5.75 Å². The topological polar surface area (TPSA) is 46.6 Å². The molecule has 2 aromatic rings. The van der Waals surface area contributed by atoms with Crippen LogP contribution in [0.15, 0.2) is 52.3 Å². The van der Waals surface area contributed by atoms with Gasteiger partial charge in [0.2, 0.25) is 0 Å². The molecule has 1 heterocycles. The lowest BCUT2D eigenvalue weighted by Crippen LogP contribution is -2.42. The summed E-state index contributed by atoms with van der Waals surface area (Å²) in [5, 5.41) is 0. The number of hydrogen-bond donors (Lipinski definition) is 0. The van der Waals surface area contributed by atoms with Crippen LogP contribution >= 0.6 is 11.8 Å². The van der Waals surface area contributed by atoms with E-state index in [0.29, 0.717) is 0 Å². The van der Waals surface area contributed by atoms with E-state index in [1.54, 1.807) is 37.3 Å². The van der Waals surface area contributed by atoms with Gasteiger partial charge in [0, 0.05) is 4.90 Å². The average molecular weight is 353 g/mol. The summed E-state index contributed by atoms with van der Waals surface area (Å²) in [4.78, 5) is 1.16. The second-order valence-electron chi connectivity index (χ2n) is 5.23. The molecule has 0 radical (unpaired) electrons. The molecule has 0 amide bonds. The number of para-hydroxylation sites is 1. The van der Waals surface area contributed by atoms with Crippen molar-refractivity contribution >= 4 is 27.5 Å². The molecule has 1 atom stereocenters. The highest BCUT2D eigenvalue weighted by atomic mass is 32.2. The van der Waals surface area contributed by atoms with Gasteiger partial charge in [0.25, 0.3) is 10.0 Å². The first-order valence-corrected chi connectivity index (χ1v) is 9.72. The predicted molar refractivity (Wildman–Crippen MR) is 89.2 cm³/mol. The van der Waals surface area contributed by atoms with E-state index >= 15 is 0 Å². The summed E-state index contributed by atoms with van der Waals surface area (Å²) in [6.07, 6.45) is 1.49. The fourth-order valence-corrected chi connectivity index (χ4v) is 4.44. The second-order valence-corrected chi connectivity index (χ2v) is 7.97. The van der Waals surface area contributed by atoms with Crippen LogP contribution in [0.25, 0.3) is 0 Å². The normalized spacial score (nSPS) is 17.5. The summed E-state index contributed by atoms with van der Waals surface area (Å²) >= 11 is 1.54. The molecule has 122 valence electrons. The molecule has 0 aromatic heterocycles. The molecule has 1 aliphatic rings. The molecule has 1 aliphatic heterocycles. The fourth-order valence-electron chi connectivity index (χ4n) is 2.48. The quantitative estimate of drug-likeness (QED) is 0.792. The summed E-state index contributed by atoms with van der Waals surface area (Å²) < 4.78 is 46.5. The highest BCUT2D eigenvalue weighted by Gasteiger charge is 2.34. The molecule has 4 nitrogen and oxygen atoms in total. The van der Waals surface area contributed by atoms with E-state index in [-0.39, 0.29) is 22.9 Å². The van der Waals surface area contributed by atoms with Gasteiger partial charge >= 0.3 is 0 Å². The summed E-state index contributed by atoms with van der Waals surface area (Å²) in [6.45, 7) is 1.86. The van der Waals surface area contributed by atoms with Crippen molar-refractivity contribution < 1.29 is 17.5 Å². The molecule has 0 spiro atoms. The first-order chi connectivity index (χ1) is 10.9. The number of hydrogen-bond acceptors (Lipinski definition) is 4. The Morgan fingerprint density at radius 2 is 1.91 bits per heavy atom. The van der Waals surface area contributed by atoms with Gasteiger partial charge < -0.3 is 4.74 Å². The zero-order valence-corrected chi connectivity index (χ0v) is 14.3. The summed E-state index contributed by atoms with van der Waals surface area (Å²) in [5.41, 5.74) is 0.233. The smallest absolute Gasteiger partial charge is 0.264 e. The maximum absolute atomic E-state index is 14.0. The van der Waals surface area contributed by atoms with E-state index in [2.05, 4.69) is 0 Å². The average Bonchev–Trinajstić information content (AvgIpc) is 2.55. The summed E-state index contributed by atoms with van der Waals surface area (Å²) in [7, 11) is -3.77. The Morgan fingerprint density at radius 3 is 2.57 bits per heavy atom. The SMILES string of the molecule is CSc1ccc(S(=O)(=O)N2CC(C)Oc3c(F)cccc32)cc1. The minimum Gasteiger partial charge on any atom is -0.484 e. The monoisotopic (exact) mass is 353 g/mol. The van der Waals surface area contributed by atoms with Crippen LogP contribution in [0, 0.1) is 5.82 Å². The van der Waals surface area contributed by atoms with Crippen LogP contribution in [0.3, 0.4) is 0 Å². The molecule has 2 aromatic carbocycles. The molecule has 0 fully saturated rings. The van der Waals surface area contributed by atoms with Crippen molar-refractivity contribution in [1.82, 2.24) is 0 Å². The van der Waals surface area contributed by atoms with E-state index in [9.17, 15) is 12.8 Å². The lowest BCUT2D eigenvalue weighted by Gasteiger charge is -2.34. The first-order valence-electron chi connectivity index (χ1n) is 7.05. The van der Waals surface area contributed by atoms with Crippen LogP contribution in [-0.4, -0.2) is 27.3 Å². The molecule has 7 heteroatoms. The Bertz CT molecular complexity index is 822. The maximum Gasteiger partial charge on any atom is 0.264 e. The Hall–Kier alpha value is -1.73. The van der Waals surface area contributed by atoms with Crippen molar-refractivity contribution in [3.63, 3.8) is 0 Å². The maximum atomic E-state index is 14.0. The minimum absolute atomic E-state index is 0.0180. The van der Waals surface area contributed by atoms with Crippen molar-refractivity contribution in [2.24, 2.45) is 0 Å². The molecule has 0 bridgehead atoms. The zero-order chi connectivity index (χ0) is 16.6.